The third kappa shape index (κ3) is 2.30. The summed E-state index contributed by atoms with van der Waals surface area (Å²) in [6.45, 7) is 1.21. The molecule has 0 aliphatic heterocycles. The van der Waals surface area contributed by atoms with Crippen LogP contribution >= 0.6 is 22.6 Å². The number of benzene rings is 1. The monoisotopic (exact) mass is 284 g/mol. The number of alkyl halides is 1. The molecule has 0 aliphatic carbocycles. The first-order chi connectivity index (χ1) is 5.61. The maximum absolute atomic E-state index is 12.9. The molecule has 0 heterocycles. The summed E-state index contributed by atoms with van der Waals surface area (Å²) in [7, 11) is 0. The van der Waals surface area contributed by atoms with Gasteiger partial charge >= 0.3 is 0 Å². The van der Waals surface area contributed by atoms with Crippen molar-refractivity contribution in [3.8, 4) is 5.75 Å². The lowest BCUT2D eigenvalue weighted by Crippen LogP contribution is -2.06. The van der Waals surface area contributed by atoms with Crippen molar-refractivity contribution in [2.45, 2.75) is 13.3 Å². The van der Waals surface area contributed by atoms with Gasteiger partial charge in [0.05, 0.1) is 3.57 Å². The molecule has 0 saturated heterocycles. The summed E-state index contributed by atoms with van der Waals surface area (Å²) < 4.78 is 30.5. The van der Waals surface area contributed by atoms with Crippen molar-refractivity contribution in [1.29, 1.82) is 0 Å². The smallest absolute Gasteiger partial charge is 0.236 e. The van der Waals surface area contributed by atoms with Crippen LogP contribution in [0.2, 0.25) is 0 Å². The van der Waals surface area contributed by atoms with E-state index in [9.17, 15) is 8.78 Å². The van der Waals surface area contributed by atoms with E-state index in [2.05, 4.69) is 4.74 Å². The minimum Gasteiger partial charge on any atom is -0.457 e. The first kappa shape index (κ1) is 9.70. The summed E-state index contributed by atoms with van der Waals surface area (Å²) in [6.07, 6.45) is -1.49. The lowest BCUT2D eigenvalue weighted by Gasteiger charge is -2.08. The minimum atomic E-state index is -1.49. The zero-order chi connectivity index (χ0) is 9.14. The molecule has 1 atom stereocenters. The van der Waals surface area contributed by atoms with Crippen LogP contribution in [-0.2, 0) is 0 Å². The summed E-state index contributed by atoms with van der Waals surface area (Å²) in [5.74, 6) is -0.556. The van der Waals surface area contributed by atoms with Crippen LogP contribution in [0.4, 0.5) is 8.78 Å². The quantitative estimate of drug-likeness (QED) is 0.758. The molecule has 12 heavy (non-hydrogen) atoms. The van der Waals surface area contributed by atoms with Gasteiger partial charge in [-0.25, -0.2) is 8.78 Å². The molecule has 0 bridgehead atoms. The van der Waals surface area contributed by atoms with E-state index in [1.54, 1.807) is 12.1 Å². The molecule has 1 aromatic carbocycles. The topological polar surface area (TPSA) is 9.23 Å². The third-order valence-corrected chi connectivity index (χ3v) is 2.05. The average Bonchev–Trinajstić information content (AvgIpc) is 1.97. The van der Waals surface area contributed by atoms with E-state index in [0.29, 0.717) is 3.57 Å². The fourth-order valence-electron chi connectivity index (χ4n) is 0.758. The molecule has 1 rings (SSSR count). The molecule has 66 valence electrons. The van der Waals surface area contributed by atoms with Crippen molar-refractivity contribution < 1.29 is 13.5 Å². The summed E-state index contributed by atoms with van der Waals surface area (Å²) in [5, 5.41) is 0. The van der Waals surface area contributed by atoms with Crippen molar-refractivity contribution >= 4 is 22.6 Å². The Morgan fingerprint density at radius 1 is 1.50 bits per heavy atom. The van der Waals surface area contributed by atoms with Crippen molar-refractivity contribution in [2.24, 2.45) is 0 Å². The summed E-state index contributed by atoms with van der Waals surface area (Å²) in [5.41, 5.74) is 0. The molecule has 4 heteroatoms. The molecular formula is C8H7F2IO. The Hall–Kier alpha value is -0.390. The molecule has 0 fully saturated rings. The van der Waals surface area contributed by atoms with Crippen molar-refractivity contribution in [1.82, 2.24) is 0 Å². The van der Waals surface area contributed by atoms with Crippen LogP contribution in [0.1, 0.15) is 6.92 Å². The van der Waals surface area contributed by atoms with Gasteiger partial charge in [-0.1, -0.05) is 6.07 Å². The molecule has 1 unspecified atom stereocenters. The van der Waals surface area contributed by atoms with Crippen LogP contribution in [0, 0.1) is 9.39 Å². The molecular weight excluding hydrogens is 277 g/mol. The average molecular weight is 284 g/mol. The molecule has 1 nitrogen and oxygen atoms in total. The molecule has 0 radical (unpaired) electrons. The summed E-state index contributed by atoms with van der Waals surface area (Å²) in [4.78, 5) is 0. The molecule has 1 aromatic rings. The molecule has 0 saturated carbocycles. The lowest BCUT2D eigenvalue weighted by molar-refractivity contribution is 0.0804. The normalized spacial score (nSPS) is 12.7. The van der Waals surface area contributed by atoms with Crippen molar-refractivity contribution in [3.05, 3.63) is 27.6 Å². The van der Waals surface area contributed by atoms with E-state index >= 15 is 0 Å². The van der Waals surface area contributed by atoms with Crippen molar-refractivity contribution in [3.63, 3.8) is 0 Å². The van der Waals surface area contributed by atoms with E-state index in [-0.39, 0.29) is 5.75 Å². The van der Waals surface area contributed by atoms with Gasteiger partial charge in [0.1, 0.15) is 0 Å². The van der Waals surface area contributed by atoms with Gasteiger partial charge in [-0.05, 0) is 34.7 Å². The Morgan fingerprint density at radius 3 is 2.67 bits per heavy atom. The van der Waals surface area contributed by atoms with E-state index in [1.807, 2.05) is 22.6 Å². The van der Waals surface area contributed by atoms with Crippen LogP contribution in [0.15, 0.2) is 18.2 Å². The second kappa shape index (κ2) is 4.02. The maximum Gasteiger partial charge on any atom is 0.236 e. The standard InChI is InChI=1S/C8H7F2IO/c1-5(9)12-8-6(10)3-2-4-7(8)11/h2-5H,1H3. The predicted molar refractivity (Wildman–Crippen MR) is 50.3 cm³/mol. The SMILES string of the molecule is CC(F)Oc1c(F)cccc1I. The van der Waals surface area contributed by atoms with Gasteiger partial charge in [0.25, 0.3) is 0 Å². The van der Waals surface area contributed by atoms with Crippen molar-refractivity contribution in [2.75, 3.05) is 0 Å². The van der Waals surface area contributed by atoms with E-state index in [0.717, 1.165) is 0 Å². The van der Waals surface area contributed by atoms with Gasteiger partial charge in [-0.2, -0.15) is 0 Å². The highest BCUT2D eigenvalue weighted by molar-refractivity contribution is 14.1. The lowest BCUT2D eigenvalue weighted by atomic mass is 10.3. The van der Waals surface area contributed by atoms with Crippen LogP contribution in [0.3, 0.4) is 0 Å². The molecule has 0 spiro atoms. The van der Waals surface area contributed by atoms with E-state index < -0.39 is 12.2 Å². The Balaban J connectivity index is 2.96. The number of halogens is 3. The maximum atomic E-state index is 12.9. The third-order valence-electron chi connectivity index (χ3n) is 1.20. The molecule has 0 N–H and O–H groups in total. The van der Waals surface area contributed by atoms with Gasteiger partial charge in [-0.3, -0.25) is 0 Å². The number of hydrogen-bond acceptors (Lipinski definition) is 1. The molecule has 0 aromatic heterocycles. The Kier molecular flexibility index (Phi) is 3.25. The Bertz CT molecular complexity index is 256. The summed E-state index contributed by atoms with van der Waals surface area (Å²) in [6, 6.07) is 4.44. The second-order valence-corrected chi connectivity index (χ2v) is 3.37. The number of hydrogen-bond donors (Lipinski definition) is 0. The Morgan fingerprint density at radius 2 is 2.17 bits per heavy atom. The van der Waals surface area contributed by atoms with Gasteiger partial charge < -0.3 is 4.74 Å². The number of rotatable bonds is 2. The minimum absolute atomic E-state index is 0.0203. The van der Waals surface area contributed by atoms with E-state index in [1.165, 1.54) is 13.0 Å². The molecule has 0 amide bonds. The summed E-state index contributed by atoms with van der Waals surface area (Å²) >= 11 is 1.89. The van der Waals surface area contributed by atoms with Crippen LogP contribution in [0.25, 0.3) is 0 Å². The highest BCUT2D eigenvalue weighted by Crippen LogP contribution is 2.25. The van der Waals surface area contributed by atoms with E-state index in [4.69, 9.17) is 0 Å². The zero-order valence-corrected chi connectivity index (χ0v) is 8.51. The van der Waals surface area contributed by atoms with Crippen LogP contribution in [0.5, 0.6) is 5.75 Å². The molecule has 0 aliphatic rings. The first-order valence-electron chi connectivity index (χ1n) is 3.36. The first-order valence-corrected chi connectivity index (χ1v) is 4.44. The zero-order valence-electron chi connectivity index (χ0n) is 6.35. The van der Waals surface area contributed by atoms with Gasteiger partial charge in [0, 0.05) is 6.92 Å². The largest absolute Gasteiger partial charge is 0.457 e. The van der Waals surface area contributed by atoms with Crippen LogP contribution < -0.4 is 4.74 Å². The van der Waals surface area contributed by atoms with Gasteiger partial charge in [0.2, 0.25) is 6.36 Å². The Labute approximate surface area is 82.9 Å². The van der Waals surface area contributed by atoms with Gasteiger partial charge in [0.15, 0.2) is 11.6 Å². The van der Waals surface area contributed by atoms with Crippen LogP contribution in [-0.4, -0.2) is 6.36 Å². The second-order valence-electron chi connectivity index (χ2n) is 2.21. The predicted octanol–water partition coefficient (Wildman–Crippen LogP) is 3.12. The van der Waals surface area contributed by atoms with Gasteiger partial charge in [-0.15, -0.1) is 0 Å². The number of ether oxygens (including phenoxy) is 1. The number of para-hydroxylation sites is 1. The fraction of sp³-hybridized carbons (Fsp3) is 0.250. The fourth-order valence-corrected chi connectivity index (χ4v) is 1.35. The highest BCUT2D eigenvalue weighted by atomic mass is 127. The highest BCUT2D eigenvalue weighted by Gasteiger charge is 2.09.